The minimum atomic E-state index is -4.54. The van der Waals surface area contributed by atoms with Crippen molar-refractivity contribution in [3.05, 3.63) is 29.6 Å². The second kappa shape index (κ2) is 7.18. The molecule has 4 fully saturated rings. The molecule has 2 saturated heterocycles. The van der Waals surface area contributed by atoms with Gasteiger partial charge in [-0.3, -0.25) is 9.58 Å². The van der Waals surface area contributed by atoms with Crippen LogP contribution in [0.5, 0.6) is 0 Å². The van der Waals surface area contributed by atoms with Crippen molar-refractivity contribution in [2.45, 2.75) is 69.3 Å². The van der Waals surface area contributed by atoms with Crippen LogP contribution in [-0.4, -0.2) is 51.0 Å². The summed E-state index contributed by atoms with van der Waals surface area (Å²) in [5.74, 6) is 1.20. The Labute approximate surface area is 191 Å². The van der Waals surface area contributed by atoms with Crippen LogP contribution in [0.2, 0.25) is 0 Å². The molecule has 9 heteroatoms. The lowest BCUT2D eigenvalue weighted by molar-refractivity contribution is -0.137. The van der Waals surface area contributed by atoms with E-state index in [-0.39, 0.29) is 11.6 Å². The fourth-order valence-electron chi connectivity index (χ4n) is 6.56. The number of aromatic nitrogens is 3. The zero-order valence-corrected chi connectivity index (χ0v) is 19.0. The Morgan fingerprint density at radius 3 is 2.52 bits per heavy atom. The molecule has 6 rings (SSSR count). The van der Waals surface area contributed by atoms with E-state index in [2.05, 4.69) is 23.7 Å². The monoisotopic (exact) mass is 461 g/mol. The van der Waals surface area contributed by atoms with E-state index in [9.17, 15) is 13.2 Å². The fourth-order valence-corrected chi connectivity index (χ4v) is 6.56. The van der Waals surface area contributed by atoms with Gasteiger partial charge in [-0.05, 0) is 63.5 Å². The van der Waals surface area contributed by atoms with Crippen molar-refractivity contribution in [1.82, 2.24) is 19.7 Å². The number of nitrogens with two attached hydrogens (primary N) is 1. The van der Waals surface area contributed by atoms with Crippen molar-refractivity contribution in [3.8, 4) is 11.3 Å². The maximum atomic E-state index is 13.3. The van der Waals surface area contributed by atoms with E-state index in [1.54, 1.807) is 0 Å². The number of ether oxygens (including phenoxy) is 1. The van der Waals surface area contributed by atoms with E-state index >= 15 is 0 Å². The first-order valence-corrected chi connectivity index (χ1v) is 12.0. The lowest BCUT2D eigenvalue weighted by Gasteiger charge is -2.50. The molecule has 2 aliphatic heterocycles. The molecular weight excluding hydrogens is 431 g/mol. The number of likely N-dealkylation sites (tertiary alicyclic amines) is 1. The Morgan fingerprint density at radius 1 is 1.18 bits per heavy atom. The molecule has 2 unspecified atom stereocenters. The first kappa shape index (κ1) is 21.4. The molecule has 1 spiro atoms. The number of nitrogens with zero attached hydrogens (tertiary/aromatic N) is 4. The Hall–Kier alpha value is -2.13. The molecule has 2 aliphatic carbocycles. The van der Waals surface area contributed by atoms with Gasteiger partial charge in [0, 0.05) is 55.2 Å². The highest BCUT2D eigenvalue weighted by molar-refractivity contribution is 5.63. The smallest absolute Gasteiger partial charge is 0.383 e. The molecule has 0 bridgehead atoms. The van der Waals surface area contributed by atoms with Crippen LogP contribution in [0.1, 0.15) is 62.7 Å². The highest BCUT2D eigenvalue weighted by Crippen LogP contribution is 2.64. The summed E-state index contributed by atoms with van der Waals surface area (Å²) < 4.78 is 47.9. The Kier molecular flexibility index (Phi) is 4.66. The van der Waals surface area contributed by atoms with Crippen molar-refractivity contribution in [2.24, 2.45) is 11.8 Å². The highest BCUT2D eigenvalue weighted by Gasteiger charge is 2.61. The van der Waals surface area contributed by atoms with Crippen LogP contribution in [0.25, 0.3) is 11.3 Å². The second-order valence-corrected chi connectivity index (χ2v) is 10.7. The SMILES string of the molecule is CC(C)n1nc(-c2cnc(N)c(C(F)(F)F)c2)cc1C1[C@H]2CC(N3CC4(CCCO4)C3)C[C@@H]12. The summed E-state index contributed by atoms with van der Waals surface area (Å²) in [5.41, 5.74) is 6.72. The Bertz CT molecular complexity index is 1050. The normalized spacial score (nSPS) is 30.7. The van der Waals surface area contributed by atoms with Crippen LogP contribution >= 0.6 is 0 Å². The summed E-state index contributed by atoms with van der Waals surface area (Å²) in [7, 11) is 0. The summed E-state index contributed by atoms with van der Waals surface area (Å²) in [6.45, 7) is 7.17. The van der Waals surface area contributed by atoms with Gasteiger partial charge in [-0.15, -0.1) is 0 Å². The molecule has 2 aromatic rings. The zero-order valence-electron chi connectivity index (χ0n) is 19.0. The summed E-state index contributed by atoms with van der Waals surface area (Å²) in [4.78, 5) is 6.39. The summed E-state index contributed by atoms with van der Waals surface area (Å²) in [5, 5.41) is 4.69. The number of fused-ring (bicyclic) bond motifs is 1. The van der Waals surface area contributed by atoms with E-state index in [1.165, 1.54) is 31.9 Å². The number of pyridine rings is 1. The molecule has 2 aromatic heterocycles. The third kappa shape index (κ3) is 3.46. The molecule has 0 radical (unpaired) electrons. The number of hydrogen-bond acceptors (Lipinski definition) is 5. The van der Waals surface area contributed by atoms with Gasteiger partial charge in [0.25, 0.3) is 0 Å². The molecule has 4 aliphatic rings. The number of alkyl halides is 3. The first-order valence-electron chi connectivity index (χ1n) is 12.0. The van der Waals surface area contributed by atoms with Crippen molar-refractivity contribution in [1.29, 1.82) is 0 Å². The molecular formula is C24H30F3N5O. The van der Waals surface area contributed by atoms with Gasteiger partial charge in [0.1, 0.15) is 5.82 Å². The van der Waals surface area contributed by atoms with Crippen LogP contribution in [0.4, 0.5) is 19.0 Å². The van der Waals surface area contributed by atoms with Crippen molar-refractivity contribution in [2.75, 3.05) is 25.4 Å². The third-order valence-electron chi connectivity index (χ3n) is 8.22. The van der Waals surface area contributed by atoms with E-state index < -0.39 is 17.6 Å². The standard InChI is InChI=1S/C24H30F3N5O/c1-13(2)32-20(9-19(30-32)14-6-18(24(25,26)27)22(28)29-10-14)21-16-7-15(8-17(16)21)31-11-23(12-31)4-3-5-33-23/h6,9-10,13,15-17,21H,3-5,7-8,11-12H2,1-2H3,(H2,28,29)/t15?,16-,17+,21?. The largest absolute Gasteiger partial charge is 0.419 e. The zero-order chi connectivity index (χ0) is 23.1. The second-order valence-electron chi connectivity index (χ2n) is 10.7. The number of rotatable bonds is 4. The quantitative estimate of drug-likeness (QED) is 0.727. The molecule has 33 heavy (non-hydrogen) atoms. The van der Waals surface area contributed by atoms with Gasteiger partial charge in [-0.1, -0.05) is 0 Å². The maximum absolute atomic E-state index is 13.3. The van der Waals surface area contributed by atoms with Crippen molar-refractivity contribution >= 4 is 5.82 Å². The average molecular weight is 462 g/mol. The van der Waals surface area contributed by atoms with Crippen LogP contribution in [-0.2, 0) is 10.9 Å². The van der Waals surface area contributed by atoms with Gasteiger partial charge in [0.2, 0.25) is 0 Å². The minimum Gasteiger partial charge on any atom is -0.383 e. The number of nitrogen functional groups attached to an aromatic ring is 1. The molecule has 0 amide bonds. The third-order valence-corrected chi connectivity index (χ3v) is 8.22. The van der Waals surface area contributed by atoms with Gasteiger partial charge < -0.3 is 10.5 Å². The number of hydrogen-bond donors (Lipinski definition) is 1. The van der Waals surface area contributed by atoms with E-state index in [1.807, 2.05) is 10.7 Å². The van der Waals surface area contributed by atoms with E-state index in [0.29, 0.717) is 35.1 Å². The highest BCUT2D eigenvalue weighted by atomic mass is 19.4. The van der Waals surface area contributed by atoms with Gasteiger partial charge >= 0.3 is 6.18 Å². The molecule has 2 saturated carbocycles. The predicted octanol–water partition coefficient (Wildman–Crippen LogP) is 4.48. The molecule has 178 valence electrons. The Balaban J connectivity index is 1.20. The maximum Gasteiger partial charge on any atom is 0.419 e. The minimum absolute atomic E-state index is 0.129. The number of anilines is 1. The molecule has 4 atom stereocenters. The van der Waals surface area contributed by atoms with Crippen molar-refractivity contribution < 1.29 is 17.9 Å². The topological polar surface area (TPSA) is 69.2 Å². The van der Waals surface area contributed by atoms with Crippen LogP contribution in [0, 0.1) is 11.8 Å². The number of halogens is 3. The lowest BCUT2D eigenvalue weighted by Crippen LogP contribution is -2.64. The predicted molar refractivity (Wildman–Crippen MR) is 117 cm³/mol. The summed E-state index contributed by atoms with van der Waals surface area (Å²) in [6, 6.07) is 3.80. The van der Waals surface area contributed by atoms with Crippen LogP contribution in [0.15, 0.2) is 18.3 Å². The van der Waals surface area contributed by atoms with Crippen molar-refractivity contribution in [3.63, 3.8) is 0 Å². The van der Waals surface area contributed by atoms with Gasteiger partial charge in [0.05, 0.1) is 16.9 Å². The molecule has 4 heterocycles. The first-order chi connectivity index (χ1) is 15.7. The van der Waals surface area contributed by atoms with Crippen LogP contribution < -0.4 is 5.73 Å². The van der Waals surface area contributed by atoms with E-state index in [0.717, 1.165) is 31.5 Å². The summed E-state index contributed by atoms with van der Waals surface area (Å²) in [6.07, 6.45) is 1.59. The van der Waals surface area contributed by atoms with Gasteiger partial charge in [-0.2, -0.15) is 18.3 Å². The Morgan fingerprint density at radius 2 is 1.91 bits per heavy atom. The average Bonchev–Trinajstić information content (AvgIpc) is 3.22. The van der Waals surface area contributed by atoms with Crippen LogP contribution in [0.3, 0.4) is 0 Å². The molecule has 6 nitrogen and oxygen atoms in total. The summed E-state index contributed by atoms with van der Waals surface area (Å²) >= 11 is 0. The molecule has 2 N–H and O–H groups in total. The lowest BCUT2D eigenvalue weighted by atomic mass is 9.88. The fraction of sp³-hybridized carbons (Fsp3) is 0.667. The van der Waals surface area contributed by atoms with Gasteiger partial charge in [0.15, 0.2) is 0 Å². The van der Waals surface area contributed by atoms with E-state index in [4.69, 9.17) is 15.6 Å². The van der Waals surface area contributed by atoms with Gasteiger partial charge in [-0.25, -0.2) is 4.98 Å². The molecule has 0 aromatic carbocycles.